The number of aryl methyl sites for hydroxylation is 1. The molecule has 0 heterocycles. The quantitative estimate of drug-likeness (QED) is 0.702. The number of carbonyl (C=O) groups excluding carboxylic acids is 1. The van der Waals surface area contributed by atoms with Crippen molar-refractivity contribution in [3.05, 3.63) is 65.2 Å². The topological polar surface area (TPSA) is 38.8 Å². The molecule has 4 nitrogen and oxygen atoms in total. The molecule has 28 heavy (non-hydrogen) atoms. The normalized spacial score (nSPS) is 19.6. The number of hydrogen-bond donors (Lipinski definition) is 0. The summed E-state index contributed by atoms with van der Waals surface area (Å²) in [5.74, 6) is 0.922. The van der Waals surface area contributed by atoms with Crippen molar-refractivity contribution in [2.75, 3.05) is 7.11 Å². The van der Waals surface area contributed by atoms with E-state index >= 15 is 0 Å². The first-order valence-electron chi connectivity index (χ1n) is 10.3. The summed E-state index contributed by atoms with van der Waals surface area (Å²) in [6.07, 6.45) is 5.04. The molecular formula is C24H29NO3. The van der Waals surface area contributed by atoms with Crippen molar-refractivity contribution >= 4 is 5.91 Å². The van der Waals surface area contributed by atoms with Crippen LogP contribution in [-0.4, -0.2) is 30.1 Å². The summed E-state index contributed by atoms with van der Waals surface area (Å²) >= 11 is 0. The second-order valence-electron chi connectivity index (χ2n) is 7.89. The Morgan fingerprint density at radius 3 is 2.75 bits per heavy atom. The lowest BCUT2D eigenvalue weighted by Crippen LogP contribution is -2.44. The highest BCUT2D eigenvalue weighted by Gasteiger charge is 2.41. The number of hydrogen-bond acceptors (Lipinski definition) is 3. The number of benzene rings is 2. The third-order valence-electron chi connectivity index (χ3n) is 5.85. The molecule has 2 aromatic carbocycles. The zero-order valence-corrected chi connectivity index (χ0v) is 16.8. The summed E-state index contributed by atoms with van der Waals surface area (Å²) in [5.41, 5.74) is 3.73. The van der Waals surface area contributed by atoms with Crippen molar-refractivity contribution in [1.29, 1.82) is 0 Å². The zero-order valence-electron chi connectivity index (χ0n) is 16.8. The van der Waals surface area contributed by atoms with Crippen molar-refractivity contribution in [2.24, 2.45) is 0 Å². The van der Waals surface area contributed by atoms with E-state index in [4.69, 9.17) is 9.47 Å². The molecule has 0 aliphatic heterocycles. The molecule has 0 saturated heterocycles. The third-order valence-corrected chi connectivity index (χ3v) is 5.85. The van der Waals surface area contributed by atoms with Gasteiger partial charge in [-0.2, -0.15) is 0 Å². The Balaban J connectivity index is 1.47. The minimum atomic E-state index is -0.458. The molecule has 2 atom stereocenters. The summed E-state index contributed by atoms with van der Waals surface area (Å²) in [5, 5.41) is 0. The van der Waals surface area contributed by atoms with Gasteiger partial charge in [0.05, 0.1) is 19.8 Å². The molecule has 4 heteroatoms. The molecule has 4 rings (SSSR count). The maximum atomic E-state index is 13.4. The van der Waals surface area contributed by atoms with Crippen LogP contribution in [0.4, 0.5) is 0 Å². The van der Waals surface area contributed by atoms with Gasteiger partial charge in [-0.05, 0) is 67.9 Å². The fourth-order valence-corrected chi connectivity index (χ4v) is 4.22. The summed E-state index contributed by atoms with van der Waals surface area (Å²) in [7, 11) is 1.65. The average Bonchev–Trinajstić information content (AvgIpc) is 3.57. The van der Waals surface area contributed by atoms with E-state index in [0.29, 0.717) is 12.6 Å². The second kappa shape index (κ2) is 8.36. The number of ether oxygens (including phenoxy) is 2. The molecule has 2 aliphatic carbocycles. The van der Waals surface area contributed by atoms with Gasteiger partial charge in [0.1, 0.15) is 11.9 Å². The first-order chi connectivity index (χ1) is 13.7. The van der Waals surface area contributed by atoms with Gasteiger partial charge in [0, 0.05) is 6.04 Å². The molecular weight excluding hydrogens is 350 g/mol. The highest BCUT2D eigenvalue weighted by atomic mass is 16.5. The maximum Gasteiger partial charge on any atom is 0.252 e. The fraction of sp³-hybridized carbons (Fsp3) is 0.458. The van der Waals surface area contributed by atoms with E-state index in [2.05, 4.69) is 29.2 Å². The van der Waals surface area contributed by atoms with Gasteiger partial charge in [0.25, 0.3) is 5.91 Å². The van der Waals surface area contributed by atoms with Gasteiger partial charge in [-0.1, -0.05) is 36.4 Å². The Morgan fingerprint density at radius 2 is 1.96 bits per heavy atom. The van der Waals surface area contributed by atoms with Crippen LogP contribution in [0.15, 0.2) is 48.5 Å². The van der Waals surface area contributed by atoms with E-state index in [1.807, 2.05) is 31.2 Å². The largest absolute Gasteiger partial charge is 0.497 e. The Kier molecular flexibility index (Phi) is 5.67. The Bertz CT molecular complexity index is 830. The van der Waals surface area contributed by atoms with Crippen LogP contribution in [-0.2, 0) is 22.6 Å². The Morgan fingerprint density at radius 1 is 1.14 bits per heavy atom. The van der Waals surface area contributed by atoms with E-state index in [0.717, 1.165) is 43.4 Å². The number of rotatable bonds is 7. The van der Waals surface area contributed by atoms with Gasteiger partial charge in [0.2, 0.25) is 0 Å². The smallest absolute Gasteiger partial charge is 0.252 e. The zero-order chi connectivity index (χ0) is 19.5. The molecule has 0 N–H and O–H groups in total. The number of amides is 1. The average molecular weight is 380 g/mol. The van der Waals surface area contributed by atoms with Crippen LogP contribution in [0.25, 0.3) is 0 Å². The van der Waals surface area contributed by atoms with Crippen LogP contribution in [0.2, 0.25) is 0 Å². The predicted octanol–water partition coefficient (Wildman–Crippen LogP) is 4.67. The van der Waals surface area contributed by atoms with Crippen molar-refractivity contribution in [3.63, 3.8) is 0 Å². The summed E-state index contributed by atoms with van der Waals surface area (Å²) in [4.78, 5) is 15.5. The Hall–Kier alpha value is -2.33. The van der Waals surface area contributed by atoms with Gasteiger partial charge in [0.15, 0.2) is 0 Å². The molecule has 0 bridgehead atoms. The van der Waals surface area contributed by atoms with E-state index in [1.165, 1.54) is 11.1 Å². The number of carbonyl (C=O) groups is 1. The van der Waals surface area contributed by atoms with Crippen LogP contribution in [0, 0.1) is 0 Å². The summed E-state index contributed by atoms with van der Waals surface area (Å²) in [6.45, 7) is 2.29. The van der Waals surface area contributed by atoms with E-state index < -0.39 is 6.10 Å². The van der Waals surface area contributed by atoms with Crippen LogP contribution in [0.5, 0.6) is 5.75 Å². The van der Waals surface area contributed by atoms with Gasteiger partial charge in [-0.25, -0.2) is 0 Å². The lowest BCUT2D eigenvalue weighted by atomic mass is 9.86. The van der Waals surface area contributed by atoms with Crippen LogP contribution < -0.4 is 4.74 Å². The summed E-state index contributed by atoms with van der Waals surface area (Å²) < 4.78 is 11.2. The molecule has 0 aromatic heterocycles. The highest BCUT2D eigenvalue weighted by Crippen LogP contribution is 2.41. The standard InChI is InChI=1S/C24H29NO3/c1-17(28-16-18-7-5-10-21(15-18)27-2)24(26)25(20-13-14-20)23-12-6-9-19-8-3-4-11-22(19)23/h3-5,7-8,10-11,15,17,20,23H,6,9,12-14,16H2,1-2H3. The van der Waals surface area contributed by atoms with Gasteiger partial charge in [-0.15, -0.1) is 0 Å². The van der Waals surface area contributed by atoms with Crippen molar-refractivity contribution in [2.45, 2.75) is 63.8 Å². The first-order valence-corrected chi connectivity index (χ1v) is 10.3. The minimum Gasteiger partial charge on any atom is -0.497 e. The van der Waals surface area contributed by atoms with Gasteiger partial charge < -0.3 is 14.4 Å². The molecule has 0 spiro atoms. The van der Waals surface area contributed by atoms with Gasteiger partial charge in [-0.3, -0.25) is 4.79 Å². The third kappa shape index (κ3) is 4.07. The molecule has 2 aliphatic rings. The fourth-order valence-electron chi connectivity index (χ4n) is 4.22. The lowest BCUT2D eigenvalue weighted by molar-refractivity contribution is -0.147. The second-order valence-corrected chi connectivity index (χ2v) is 7.89. The minimum absolute atomic E-state index is 0.118. The highest BCUT2D eigenvalue weighted by molar-refractivity contribution is 5.81. The summed E-state index contributed by atoms with van der Waals surface area (Å²) in [6, 6.07) is 17.0. The molecule has 2 aromatic rings. The molecule has 0 radical (unpaired) electrons. The van der Waals surface area contributed by atoms with Crippen LogP contribution in [0.3, 0.4) is 0 Å². The van der Waals surface area contributed by atoms with Crippen molar-refractivity contribution < 1.29 is 14.3 Å². The molecule has 148 valence electrons. The lowest BCUT2D eigenvalue weighted by Gasteiger charge is -2.37. The number of nitrogens with zero attached hydrogens (tertiary/aromatic N) is 1. The SMILES string of the molecule is COc1cccc(COC(C)C(=O)N(C2CC2)C2CCCc3ccccc32)c1. The van der Waals surface area contributed by atoms with Crippen molar-refractivity contribution in [3.8, 4) is 5.75 Å². The Labute approximate surface area is 167 Å². The predicted molar refractivity (Wildman–Crippen MR) is 109 cm³/mol. The van der Waals surface area contributed by atoms with Crippen LogP contribution >= 0.6 is 0 Å². The number of methoxy groups -OCH3 is 1. The molecule has 1 amide bonds. The van der Waals surface area contributed by atoms with Gasteiger partial charge >= 0.3 is 0 Å². The van der Waals surface area contributed by atoms with E-state index in [-0.39, 0.29) is 11.9 Å². The van der Waals surface area contributed by atoms with Crippen LogP contribution in [0.1, 0.15) is 55.3 Å². The maximum absolute atomic E-state index is 13.4. The number of fused-ring (bicyclic) bond motifs is 1. The van der Waals surface area contributed by atoms with E-state index in [1.54, 1.807) is 7.11 Å². The first kappa shape index (κ1) is 19.0. The molecule has 1 saturated carbocycles. The van der Waals surface area contributed by atoms with Crippen molar-refractivity contribution in [1.82, 2.24) is 4.90 Å². The monoisotopic (exact) mass is 379 g/mol. The van der Waals surface area contributed by atoms with E-state index in [9.17, 15) is 4.79 Å². The molecule has 2 unspecified atom stereocenters. The molecule has 1 fully saturated rings.